The van der Waals surface area contributed by atoms with Crippen molar-refractivity contribution in [3.05, 3.63) is 138 Å². The van der Waals surface area contributed by atoms with Gasteiger partial charge in [0.25, 0.3) is 0 Å². The summed E-state index contributed by atoms with van der Waals surface area (Å²) in [6.45, 7) is 0. The van der Waals surface area contributed by atoms with Gasteiger partial charge < -0.3 is 1.43 Å². The summed E-state index contributed by atoms with van der Waals surface area (Å²) in [6, 6.07) is 29.1. The first-order valence-electron chi connectivity index (χ1n) is 14.2. The molecule has 0 saturated heterocycles. The molecule has 0 fully saturated rings. The number of benzene rings is 4. The maximum absolute atomic E-state index is 12.9. The second-order valence-electron chi connectivity index (χ2n) is 11.1. The molecule has 7 rings (SSSR count). The molecule has 0 heterocycles. The first-order valence-corrected chi connectivity index (χ1v) is 18.1. The molecule has 0 bridgehead atoms. The third kappa shape index (κ3) is 8.30. The number of aryl methyl sites for hydroxylation is 3. The van der Waals surface area contributed by atoms with Crippen LogP contribution in [0.4, 0.5) is 0 Å². The summed E-state index contributed by atoms with van der Waals surface area (Å²) in [6.07, 6.45) is 6.53. The van der Waals surface area contributed by atoms with Gasteiger partial charge in [0.05, 0.1) is 0 Å². The Morgan fingerprint density at radius 2 is 1.26 bits per heavy atom. The van der Waals surface area contributed by atoms with Crippen LogP contribution >= 0.6 is 63.7 Å². The molecule has 0 saturated carbocycles. The largest absolute Gasteiger partial charge is 1.00 e. The van der Waals surface area contributed by atoms with Crippen molar-refractivity contribution in [1.29, 1.82) is 0 Å². The van der Waals surface area contributed by atoms with Gasteiger partial charge in [-0.15, -0.1) is 0 Å². The van der Waals surface area contributed by atoms with Gasteiger partial charge in [-0.05, 0) is 96.2 Å². The van der Waals surface area contributed by atoms with E-state index in [0.717, 1.165) is 69.3 Å². The minimum Gasteiger partial charge on any atom is -1.00 e. The number of fused-ring (bicyclic) bond motifs is 3. The summed E-state index contributed by atoms with van der Waals surface area (Å²) in [5.41, 5.74) is 9.67. The molecule has 1 atom stereocenters. The minimum absolute atomic E-state index is 0. The van der Waals surface area contributed by atoms with Crippen molar-refractivity contribution in [2.24, 2.45) is 5.41 Å². The van der Waals surface area contributed by atoms with E-state index in [1.165, 1.54) is 33.4 Å². The number of carbonyl (C=O) groups excluding carboxylic acids is 2. The number of ketones is 2. The summed E-state index contributed by atoms with van der Waals surface area (Å²) in [7, 11) is 0. The summed E-state index contributed by atoms with van der Waals surface area (Å²) in [5, 5.41) is 1.99. The summed E-state index contributed by atoms with van der Waals surface area (Å²) in [5.74, 6) is 0.629. The number of carbonyl (C=O) groups is 2. The maximum Gasteiger partial charge on any atom is 1.00 e. The normalized spacial score (nSPS) is 17.5. The molecule has 0 N–H and O–H groups in total. The summed E-state index contributed by atoms with van der Waals surface area (Å²) < 4.78 is 1.99. The fourth-order valence-corrected chi connectivity index (χ4v) is 7.93. The molecule has 1 spiro atoms. The first kappa shape index (κ1) is 35.0. The Morgan fingerprint density at radius 1 is 0.651 bits per heavy atom. The van der Waals surface area contributed by atoms with Gasteiger partial charge in [0, 0.05) is 42.6 Å². The molecule has 0 aromatic heterocycles. The van der Waals surface area contributed by atoms with Crippen LogP contribution < -0.4 is 29.6 Å². The molecule has 4 aromatic carbocycles. The molecular formula is C36H33Br4NaO2. The van der Waals surface area contributed by atoms with Crippen LogP contribution in [0.5, 0.6) is 0 Å². The fourth-order valence-electron chi connectivity index (χ4n) is 6.23. The average molecular weight is 840 g/mol. The van der Waals surface area contributed by atoms with E-state index in [1.54, 1.807) is 0 Å². The molecule has 43 heavy (non-hydrogen) atoms. The minimum atomic E-state index is -0.183. The van der Waals surface area contributed by atoms with Crippen molar-refractivity contribution in [3.8, 4) is 0 Å². The molecule has 2 nitrogen and oxygen atoms in total. The molecular weight excluding hydrogens is 807 g/mol. The number of alkyl halides is 2. The van der Waals surface area contributed by atoms with Crippen LogP contribution in [0.2, 0.25) is 0 Å². The predicted octanol–water partition coefficient (Wildman–Crippen LogP) is 7.58. The van der Waals surface area contributed by atoms with Gasteiger partial charge in [-0.1, -0.05) is 124 Å². The zero-order chi connectivity index (χ0) is 29.7. The van der Waals surface area contributed by atoms with Crippen molar-refractivity contribution in [3.63, 3.8) is 0 Å². The van der Waals surface area contributed by atoms with E-state index < -0.39 is 0 Å². The van der Waals surface area contributed by atoms with Gasteiger partial charge in [-0.2, -0.15) is 0 Å². The Kier molecular flexibility index (Phi) is 13.1. The number of halogens is 4. The monoisotopic (exact) mass is 836 g/mol. The molecule has 3 aliphatic carbocycles. The van der Waals surface area contributed by atoms with Gasteiger partial charge in [0.1, 0.15) is 0 Å². The zero-order valence-electron chi connectivity index (χ0n) is 25.3. The van der Waals surface area contributed by atoms with Gasteiger partial charge in [-0.25, -0.2) is 0 Å². The molecule has 218 valence electrons. The first-order chi connectivity index (χ1) is 20.3. The molecule has 4 aromatic rings. The molecule has 0 aliphatic heterocycles. The standard InChI is InChI=1S/C18H15BrO.C9H10Br2.C9H7BrO.Na.H/c19-15-6-5-14-11-18(17(20)16(14)9-15)8-7-12-3-1-2-4-13(12)10-18;10-6-5-8-3-1-2-4-9(8)7-11;10-7-3-1-6-2-4-9(11)8(6)5-7;;/h1-6,9H,7-8,10-11H2;1-4H,5-7H2;1,3,5H,2,4H2;;/q;;;+1;-1. The summed E-state index contributed by atoms with van der Waals surface area (Å²) in [4.78, 5) is 24.1. The number of rotatable bonds is 3. The van der Waals surface area contributed by atoms with Gasteiger partial charge in [-0.3, -0.25) is 9.59 Å². The molecule has 3 aliphatic rings. The maximum atomic E-state index is 12.9. The van der Waals surface area contributed by atoms with E-state index in [4.69, 9.17) is 0 Å². The Balaban J connectivity index is 0.000000190. The average Bonchev–Trinajstić information content (AvgIpc) is 3.50. The number of hydrogen-bond donors (Lipinski definition) is 0. The van der Waals surface area contributed by atoms with Crippen LogP contribution in [0.1, 0.15) is 68.4 Å². The number of Topliss-reactive ketones (excluding diaryl/α,β-unsaturated/α-hetero) is 2. The van der Waals surface area contributed by atoms with Crippen LogP contribution in [-0.4, -0.2) is 16.9 Å². The summed E-state index contributed by atoms with van der Waals surface area (Å²) >= 11 is 13.7. The number of hydrogen-bond acceptors (Lipinski definition) is 2. The molecule has 1 unspecified atom stereocenters. The van der Waals surface area contributed by atoms with Gasteiger partial charge >= 0.3 is 29.6 Å². The van der Waals surface area contributed by atoms with E-state index in [0.29, 0.717) is 12.2 Å². The second kappa shape index (κ2) is 16.1. The van der Waals surface area contributed by atoms with Crippen LogP contribution in [0.3, 0.4) is 0 Å². The van der Waals surface area contributed by atoms with E-state index >= 15 is 0 Å². The smallest absolute Gasteiger partial charge is 1.00 e. The van der Waals surface area contributed by atoms with E-state index in [2.05, 4.69) is 118 Å². The Morgan fingerprint density at radius 3 is 1.95 bits per heavy atom. The van der Waals surface area contributed by atoms with Crippen LogP contribution in [0.25, 0.3) is 0 Å². The Labute approximate surface area is 312 Å². The van der Waals surface area contributed by atoms with Crippen molar-refractivity contribution < 1.29 is 40.6 Å². The fraction of sp³-hybridized carbons (Fsp3) is 0.278. The van der Waals surface area contributed by atoms with Gasteiger partial charge in [0.15, 0.2) is 11.6 Å². The topological polar surface area (TPSA) is 34.1 Å². The third-order valence-corrected chi connectivity index (χ3v) is 10.5. The Hall–Kier alpha value is -0.860. The van der Waals surface area contributed by atoms with E-state index in [9.17, 15) is 9.59 Å². The van der Waals surface area contributed by atoms with Crippen LogP contribution in [-0.2, 0) is 37.4 Å². The van der Waals surface area contributed by atoms with Crippen molar-refractivity contribution in [2.45, 2.75) is 50.3 Å². The van der Waals surface area contributed by atoms with Crippen molar-refractivity contribution >= 4 is 75.3 Å². The van der Waals surface area contributed by atoms with E-state index in [1.807, 2.05) is 30.3 Å². The predicted molar refractivity (Wildman–Crippen MR) is 188 cm³/mol. The van der Waals surface area contributed by atoms with Crippen molar-refractivity contribution in [1.82, 2.24) is 0 Å². The quantitative estimate of drug-likeness (QED) is 0.158. The second-order valence-corrected chi connectivity index (χ2v) is 14.3. The third-order valence-electron chi connectivity index (χ3n) is 8.47. The van der Waals surface area contributed by atoms with Crippen molar-refractivity contribution in [2.75, 3.05) is 5.33 Å². The van der Waals surface area contributed by atoms with Crippen LogP contribution in [0.15, 0.2) is 93.9 Å². The molecule has 0 amide bonds. The molecule has 7 heteroatoms. The SMILES string of the molecule is BrCCc1ccccc1CBr.O=C1CCc2ccc(Br)cc21.O=C1c2cc(Br)ccc2CC12CCc1ccccc1C2.[H-].[Na+]. The van der Waals surface area contributed by atoms with Crippen LogP contribution in [0, 0.1) is 5.41 Å². The Bertz CT molecular complexity index is 1630. The molecule has 0 radical (unpaired) electrons. The van der Waals surface area contributed by atoms with Gasteiger partial charge in [0.2, 0.25) is 0 Å². The van der Waals surface area contributed by atoms with E-state index in [-0.39, 0.29) is 42.2 Å². The zero-order valence-corrected chi connectivity index (χ0v) is 32.6.